The SMILES string of the molecule is O=C(C1=C(O)C(=O)N(c2nc3ccccc3[nH]2)C1c1ccccc1)c1cc2cc(Cl)ccc2o1. The zero-order valence-electron chi connectivity index (χ0n) is 17.5. The zero-order chi connectivity index (χ0) is 23.4. The molecule has 7 nitrogen and oxygen atoms in total. The average Bonchev–Trinajstić information content (AvgIpc) is 3.53. The van der Waals surface area contributed by atoms with Crippen LogP contribution >= 0.6 is 11.6 Å². The molecule has 0 bridgehead atoms. The number of aliphatic hydroxyl groups is 1. The van der Waals surface area contributed by atoms with Crippen molar-refractivity contribution in [2.75, 3.05) is 4.90 Å². The Balaban J connectivity index is 1.50. The van der Waals surface area contributed by atoms with E-state index in [0.717, 1.165) is 5.52 Å². The largest absolute Gasteiger partial charge is 0.503 e. The van der Waals surface area contributed by atoms with Gasteiger partial charge in [-0.2, -0.15) is 0 Å². The van der Waals surface area contributed by atoms with E-state index in [-0.39, 0.29) is 17.3 Å². The number of carbonyl (C=O) groups is 2. The highest BCUT2D eigenvalue weighted by Gasteiger charge is 2.46. The van der Waals surface area contributed by atoms with Crippen LogP contribution < -0.4 is 4.90 Å². The van der Waals surface area contributed by atoms with E-state index in [9.17, 15) is 14.7 Å². The Morgan fingerprint density at radius 2 is 1.79 bits per heavy atom. The fraction of sp³-hybridized carbons (Fsp3) is 0.0385. The molecule has 1 aliphatic rings. The van der Waals surface area contributed by atoms with Gasteiger partial charge in [0.2, 0.25) is 11.7 Å². The average molecular weight is 470 g/mol. The lowest BCUT2D eigenvalue weighted by Crippen LogP contribution is -2.31. The molecule has 2 aromatic heterocycles. The zero-order valence-corrected chi connectivity index (χ0v) is 18.3. The summed E-state index contributed by atoms with van der Waals surface area (Å²) in [6.07, 6.45) is 0. The fourth-order valence-electron chi connectivity index (χ4n) is 4.32. The van der Waals surface area contributed by atoms with E-state index in [1.54, 1.807) is 48.5 Å². The van der Waals surface area contributed by atoms with E-state index in [2.05, 4.69) is 9.97 Å². The van der Waals surface area contributed by atoms with Crippen LogP contribution in [0.3, 0.4) is 0 Å². The van der Waals surface area contributed by atoms with Gasteiger partial charge in [-0.1, -0.05) is 54.1 Å². The van der Waals surface area contributed by atoms with Crippen molar-refractivity contribution in [3.05, 3.63) is 107 Å². The monoisotopic (exact) mass is 469 g/mol. The summed E-state index contributed by atoms with van der Waals surface area (Å²) in [6, 6.07) is 22.0. The molecule has 0 radical (unpaired) electrons. The number of para-hydroxylation sites is 2. The van der Waals surface area contributed by atoms with Gasteiger partial charge in [-0.3, -0.25) is 14.5 Å². The molecule has 6 rings (SSSR count). The van der Waals surface area contributed by atoms with Crippen LogP contribution in [0.2, 0.25) is 5.02 Å². The summed E-state index contributed by atoms with van der Waals surface area (Å²) in [7, 11) is 0. The lowest BCUT2D eigenvalue weighted by atomic mass is 9.95. The van der Waals surface area contributed by atoms with Crippen molar-refractivity contribution in [2.45, 2.75) is 6.04 Å². The van der Waals surface area contributed by atoms with Gasteiger partial charge in [0.25, 0.3) is 5.91 Å². The van der Waals surface area contributed by atoms with E-state index in [0.29, 0.717) is 27.1 Å². The lowest BCUT2D eigenvalue weighted by molar-refractivity contribution is -0.117. The molecule has 1 amide bonds. The van der Waals surface area contributed by atoms with Crippen LogP contribution in [0.1, 0.15) is 22.2 Å². The number of carbonyl (C=O) groups excluding carboxylic acids is 2. The third kappa shape index (κ3) is 3.09. The highest BCUT2D eigenvalue weighted by molar-refractivity contribution is 6.31. The molecule has 166 valence electrons. The Kier molecular flexibility index (Phi) is 4.53. The van der Waals surface area contributed by atoms with Crippen LogP contribution in [0.25, 0.3) is 22.0 Å². The van der Waals surface area contributed by atoms with Gasteiger partial charge in [0.15, 0.2) is 11.5 Å². The van der Waals surface area contributed by atoms with E-state index in [4.69, 9.17) is 16.0 Å². The number of aromatic amines is 1. The summed E-state index contributed by atoms with van der Waals surface area (Å²) in [5.74, 6) is -1.73. The number of halogens is 1. The number of fused-ring (bicyclic) bond motifs is 2. The summed E-state index contributed by atoms with van der Waals surface area (Å²) in [5.41, 5.74) is 2.42. The van der Waals surface area contributed by atoms with E-state index >= 15 is 0 Å². The van der Waals surface area contributed by atoms with Gasteiger partial charge in [-0.05, 0) is 42.0 Å². The van der Waals surface area contributed by atoms with Gasteiger partial charge >= 0.3 is 0 Å². The Hall–Kier alpha value is -4.36. The van der Waals surface area contributed by atoms with E-state index < -0.39 is 23.5 Å². The standard InChI is InChI=1S/C26H16ClN3O4/c27-16-10-11-19-15(12-16)13-20(34-19)23(31)21-22(14-6-2-1-3-7-14)30(25(33)24(21)32)26-28-17-8-4-5-9-18(17)29-26/h1-13,22,32H,(H,28,29). The van der Waals surface area contributed by atoms with Crippen molar-refractivity contribution < 1.29 is 19.1 Å². The number of imidazole rings is 1. The number of benzene rings is 3. The Morgan fingerprint density at radius 1 is 1.03 bits per heavy atom. The summed E-state index contributed by atoms with van der Waals surface area (Å²) in [6.45, 7) is 0. The van der Waals surface area contributed by atoms with Crippen molar-refractivity contribution in [2.24, 2.45) is 0 Å². The van der Waals surface area contributed by atoms with E-state index in [1.165, 1.54) is 4.90 Å². The summed E-state index contributed by atoms with van der Waals surface area (Å²) in [5, 5.41) is 12.1. The minimum atomic E-state index is -0.904. The smallest absolute Gasteiger partial charge is 0.296 e. The van der Waals surface area contributed by atoms with Crippen LogP contribution in [0.15, 0.2) is 94.6 Å². The molecule has 34 heavy (non-hydrogen) atoms. The number of furan rings is 1. The van der Waals surface area contributed by atoms with Crippen molar-refractivity contribution in [3.8, 4) is 0 Å². The van der Waals surface area contributed by atoms with Gasteiger partial charge in [0.1, 0.15) is 5.58 Å². The molecular formula is C26H16ClN3O4. The number of amides is 1. The van der Waals surface area contributed by atoms with Crippen LogP contribution in [-0.2, 0) is 4.79 Å². The topological polar surface area (TPSA) is 99.4 Å². The van der Waals surface area contributed by atoms with Crippen molar-refractivity contribution in [1.29, 1.82) is 0 Å². The number of aliphatic hydroxyl groups excluding tert-OH is 1. The van der Waals surface area contributed by atoms with E-state index in [1.807, 2.05) is 30.3 Å². The Morgan fingerprint density at radius 3 is 2.59 bits per heavy atom. The van der Waals surface area contributed by atoms with Crippen molar-refractivity contribution >= 4 is 51.2 Å². The third-order valence-electron chi connectivity index (χ3n) is 5.88. The molecule has 8 heteroatoms. The van der Waals surface area contributed by atoms with Gasteiger partial charge in [-0.15, -0.1) is 0 Å². The minimum Gasteiger partial charge on any atom is -0.503 e. The highest BCUT2D eigenvalue weighted by atomic mass is 35.5. The van der Waals surface area contributed by atoms with Crippen molar-refractivity contribution in [1.82, 2.24) is 9.97 Å². The van der Waals surface area contributed by atoms with Gasteiger partial charge < -0.3 is 14.5 Å². The molecule has 1 atom stereocenters. The molecule has 2 N–H and O–H groups in total. The van der Waals surface area contributed by atoms with Gasteiger partial charge in [-0.25, -0.2) is 4.98 Å². The molecule has 0 saturated carbocycles. The number of rotatable bonds is 4. The van der Waals surface area contributed by atoms with Crippen LogP contribution in [0.5, 0.6) is 0 Å². The first-order valence-electron chi connectivity index (χ1n) is 10.5. The lowest BCUT2D eigenvalue weighted by Gasteiger charge is -2.24. The predicted octanol–water partition coefficient (Wildman–Crippen LogP) is 5.75. The number of nitrogens with one attached hydrogen (secondary N) is 1. The maximum absolute atomic E-state index is 13.6. The quantitative estimate of drug-likeness (QED) is 0.327. The number of H-pyrrole nitrogens is 1. The number of Topliss-reactive ketones (excluding diaryl/α,β-unsaturated/α-hetero) is 1. The molecule has 3 heterocycles. The van der Waals surface area contributed by atoms with Gasteiger partial charge in [0, 0.05) is 10.4 Å². The molecule has 3 aromatic carbocycles. The molecule has 0 saturated heterocycles. The summed E-state index contributed by atoms with van der Waals surface area (Å²) < 4.78 is 5.75. The number of hydrogen-bond donors (Lipinski definition) is 2. The highest BCUT2D eigenvalue weighted by Crippen LogP contribution is 2.41. The number of hydrogen-bond acceptors (Lipinski definition) is 5. The second-order valence-corrected chi connectivity index (χ2v) is 8.39. The number of nitrogens with zero attached hydrogens (tertiary/aromatic N) is 2. The number of anilines is 1. The molecule has 1 unspecified atom stereocenters. The fourth-order valence-corrected chi connectivity index (χ4v) is 4.50. The third-order valence-corrected chi connectivity index (χ3v) is 6.11. The minimum absolute atomic E-state index is 0.000922. The predicted molar refractivity (Wildman–Crippen MR) is 128 cm³/mol. The molecule has 0 spiro atoms. The maximum atomic E-state index is 13.6. The molecule has 5 aromatic rings. The summed E-state index contributed by atoms with van der Waals surface area (Å²) >= 11 is 6.06. The van der Waals surface area contributed by atoms with Crippen molar-refractivity contribution in [3.63, 3.8) is 0 Å². The number of ketones is 1. The molecule has 0 fully saturated rings. The second-order valence-electron chi connectivity index (χ2n) is 7.95. The molecule has 1 aliphatic heterocycles. The van der Waals surface area contributed by atoms with Gasteiger partial charge in [0.05, 0.1) is 22.6 Å². The molecule has 0 aliphatic carbocycles. The first-order chi connectivity index (χ1) is 16.5. The normalized spacial score (nSPS) is 16.2. The van der Waals surface area contributed by atoms with Crippen LogP contribution in [0, 0.1) is 0 Å². The Labute approximate surface area is 197 Å². The van der Waals surface area contributed by atoms with Crippen LogP contribution in [0.4, 0.5) is 5.95 Å². The van der Waals surface area contributed by atoms with Crippen LogP contribution in [-0.4, -0.2) is 26.8 Å². The first kappa shape index (κ1) is 20.3. The second kappa shape index (κ2) is 7.60. The molecular weight excluding hydrogens is 454 g/mol. The maximum Gasteiger partial charge on any atom is 0.296 e. The first-order valence-corrected chi connectivity index (χ1v) is 10.9. The Bertz CT molecular complexity index is 1600. The summed E-state index contributed by atoms with van der Waals surface area (Å²) in [4.78, 5) is 35.9. The number of aromatic nitrogens is 2.